The van der Waals surface area contributed by atoms with Crippen molar-refractivity contribution in [3.8, 4) is 0 Å². The molecule has 1 aromatic carbocycles. The summed E-state index contributed by atoms with van der Waals surface area (Å²) >= 11 is 1.28. The Kier molecular flexibility index (Phi) is 4.90. The van der Waals surface area contributed by atoms with Gasteiger partial charge < -0.3 is 4.74 Å². The van der Waals surface area contributed by atoms with E-state index < -0.39 is 15.8 Å². The number of nitrogens with one attached hydrogen (secondary N) is 1. The molecule has 0 spiro atoms. The van der Waals surface area contributed by atoms with Crippen LogP contribution in [0.3, 0.4) is 0 Å². The van der Waals surface area contributed by atoms with Crippen LogP contribution in [0, 0.1) is 0 Å². The molecule has 5 nitrogen and oxygen atoms in total. The minimum absolute atomic E-state index is 0.0510. The normalized spacial score (nSPS) is 9.31. The number of rotatable bonds is 3. The average Bonchev–Trinajstić information content (AvgIpc) is 2.27. The van der Waals surface area contributed by atoms with E-state index in [1.54, 1.807) is 29.6 Å². The van der Waals surface area contributed by atoms with Crippen molar-refractivity contribution in [2.75, 3.05) is 0 Å². The minimum Gasteiger partial charge on any atom is -0.444 e. The van der Waals surface area contributed by atoms with Gasteiger partial charge in [0.1, 0.15) is 6.61 Å². The van der Waals surface area contributed by atoms with Crippen LogP contribution in [0.4, 0.5) is 4.79 Å². The zero-order valence-corrected chi connectivity index (χ0v) is 10.3. The molecule has 0 unspecified atom stereocenters. The van der Waals surface area contributed by atoms with E-state index in [1.807, 2.05) is 6.07 Å². The van der Waals surface area contributed by atoms with Crippen molar-refractivity contribution in [3.05, 3.63) is 35.9 Å². The summed E-state index contributed by atoms with van der Waals surface area (Å²) < 4.78 is 3.95. The fraction of sp³-hybridized carbons (Fsp3) is 0.100. The maximum Gasteiger partial charge on any atom is 0.414 e. The van der Waals surface area contributed by atoms with Crippen molar-refractivity contribution in [2.45, 2.75) is 6.61 Å². The van der Waals surface area contributed by atoms with Crippen LogP contribution < -0.4 is 5.32 Å². The first-order valence-electron chi connectivity index (χ1n) is 4.31. The van der Waals surface area contributed by atoms with E-state index in [4.69, 9.17) is 4.74 Å². The van der Waals surface area contributed by atoms with Gasteiger partial charge in [-0.1, -0.05) is 30.3 Å². The van der Waals surface area contributed by atoms with Crippen LogP contribution in [-0.4, -0.2) is 15.8 Å². The van der Waals surface area contributed by atoms with Crippen LogP contribution in [0.15, 0.2) is 30.3 Å². The third-order valence-corrected chi connectivity index (χ3v) is 2.10. The number of benzene rings is 1. The fourth-order valence-corrected chi connectivity index (χ4v) is 1.04. The number of carbonyl (C=O) groups is 3. The van der Waals surface area contributed by atoms with Gasteiger partial charge in [-0.25, -0.2) is 4.79 Å². The molecule has 0 heterocycles. The van der Waals surface area contributed by atoms with Crippen molar-refractivity contribution in [1.29, 1.82) is 0 Å². The van der Waals surface area contributed by atoms with Gasteiger partial charge >= 0.3 is 12.0 Å². The molecule has 0 saturated heterocycles. The van der Waals surface area contributed by atoms with E-state index in [1.165, 1.54) is 22.6 Å². The summed E-state index contributed by atoms with van der Waals surface area (Å²) in [6.07, 6.45) is -0.932. The number of alkyl carbamates (subject to hydrolysis) is 1. The molecule has 0 aliphatic rings. The Morgan fingerprint density at radius 1 is 1.19 bits per heavy atom. The van der Waals surface area contributed by atoms with E-state index >= 15 is 0 Å². The molecule has 0 aliphatic carbocycles. The van der Waals surface area contributed by atoms with Crippen LogP contribution in [0.2, 0.25) is 0 Å². The molecule has 1 aromatic rings. The van der Waals surface area contributed by atoms with Gasteiger partial charge in [-0.05, 0) is 5.56 Å². The second-order valence-electron chi connectivity index (χ2n) is 2.79. The molecular formula is C10H8INO4. The molecular weight excluding hydrogens is 325 g/mol. The topological polar surface area (TPSA) is 72.5 Å². The van der Waals surface area contributed by atoms with Gasteiger partial charge in [0.05, 0.1) is 0 Å². The van der Waals surface area contributed by atoms with Crippen molar-refractivity contribution >= 4 is 38.4 Å². The Morgan fingerprint density at radius 3 is 2.38 bits per heavy atom. The maximum atomic E-state index is 11.0. The second-order valence-corrected chi connectivity index (χ2v) is 3.77. The molecule has 0 fully saturated rings. The minimum atomic E-state index is -0.987. The van der Waals surface area contributed by atoms with E-state index in [0.29, 0.717) is 0 Å². The number of amides is 2. The standard InChI is InChI=1S/C10H8INO4/c11-8(13)9(14)12-10(15)16-6-7-4-2-1-3-5-7/h1-5H,6H2,(H,12,14,15). The van der Waals surface area contributed by atoms with Crippen LogP contribution in [0.5, 0.6) is 0 Å². The van der Waals surface area contributed by atoms with E-state index in [9.17, 15) is 14.4 Å². The number of halogens is 1. The summed E-state index contributed by atoms with van der Waals surface area (Å²) in [6, 6.07) is 8.99. The molecule has 84 valence electrons. The highest BCUT2D eigenvalue weighted by Crippen LogP contribution is 2.00. The number of hydrogen-bond donors (Lipinski definition) is 1. The molecule has 0 radical (unpaired) electrons. The Balaban J connectivity index is 2.36. The molecule has 0 aliphatic heterocycles. The number of carbonyl (C=O) groups excluding carboxylic acids is 3. The molecule has 1 N–H and O–H groups in total. The largest absolute Gasteiger partial charge is 0.444 e. The van der Waals surface area contributed by atoms with Crippen LogP contribution in [0.1, 0.15) is 5.56 Å². The molecule has 0 saturated carbocycles. The highest BCUT2D eigenvalue weighted by atomic mass is 127. The van der Waals surface area contributed by atoms with E-state index in [-0.39, 0.29) is 6.61 Å². The zero-order chi connectivity index (χ0) is 12.0. The van der Waals surface area contributed by atoms with Gasteiger partial charge in [-0.3, -0.25) is 14.9 Å². The zero-order valence-electron chi connectivity index (χ0n) is 8.10. The van der Waals surface area contributed by atoms with Gasteiger partial charge in [0.2, 0.25) is 0 Å². The van der Waals surface area contributed by atoms with Crippen LogP contribution in [0.25, 0.3) is 0 Å². The lowest BCUT2D eigenvalue weighted by atomic mass is 10.2. The molecule has 1 rings (SSSR count). The molecule has 6 heteroatoms. The van der Waals surface area contributed by atoms with Gasteiger partial charge in [-0.2, -0.15) is 0 Å². The molecule has 0 bridgehead atoms. The van der Waals surface area contributed by atoms with Crippen molar-refractivity contribution in [2.24, 2.45) is 0 Å². The Hall–Kier alpha value is -1.44. The molecule has 16 heavy (non-hydrogen) atoms. The molecule has 0 aromatic heterocycles. The summed E-state index contributed by atoms with van der Waals surface area (Å²) in [6.45, 7) is 0.0510. The summed E-state index contributed by atoms with van der Waals surface area (Å²) in [7, 11) is 0. The molecule has 0 atom stereocenters. The highest BCUT2D eigenvalue weighted by Gasteiger charge is 2.13. The van der Waals surface area contributed by atoms with Crippen LogP contribution >= 0.6 is 22.6 Å². The van der Waals surface area contributed by atoms with Gasteiger partial charge in [0.25, 0.3) is 3.79 Å². The van der Waals surface area contributed by atoms with Crippen LogP contribution in [-0.2, 0) is 20.9 Å². The smallest absolute Gasteiger partial charge is 0.414 e. The third-order valence-electron chi connectivity index (χ3n) is 1.61. The first-order chi connectivity index (χ1) is 7.59. The summed E-state index contributed by atoms with van der Waals surface area (Å²) in [5.74, 6) is -0.987. The SMILES string of the molecule is O=C(NC(=O)C(=O)I)OCc1ccccc1. The Labute approximate surface area is 105 Å². The first-order valence-corrected chi connectivity index (χ1v) is 5.39. The summed E-state index contributed by atoms with van der Waals surface area (Å²) in [4.78, 5) is 32.3. The lowest BCUT2D eigenvalue weighted by Crippen LogP contribution is -2.34. The highest BCUT2D eigenvalue weighted by molar-refractivity contribution is 14.1. The van der Waals surface area contributed by atoms with Crippen molar-refractivity contribution < 1.29 is 19.1 Å². The molecule has 2 amide bonds. The Bertz CT molecular complexity index is 405. The summed E-state index contributed by atoms with van der Waals surface area (Å²) in [5, 5.41) is 1.79. The monoisotopic (exact) mass is 333 g/mol. The predicted octanol–water partition coefficient (Wildman–Crippen LogP) is 1.40. The van der Waals surface area contributed by atoms with Crippen molar-refractivity contribution in [1.82, 2.24) is 5.32 Å². The fourth-order valence-electron chi connectivity index (χ4n) is 0.901. The number of imide groups is 1. The maximum absolute atomic E-state index is 11.0. The quantitative estimate of drug-likeness (QED) is 0.516. The van der Waals surface area contributed by atoms with E-state index in [2.05, 4.69) is 0 Å². The summed E-state index contributed by atoms with van der Waals surface area (Å²) in [5.41, 5.74) is 0.797. The number of hydrogen-bond acceptors (Lipinski definition) is 4. The lowest BCUT2D eigenvalue weighted by molar-refractivity contribution is -0.131. The van der Waals surface area contributed by atoms with Gasteiger partial charge in [-0.15, -0.1) is 0 Å². The van der Waals surface area contributed by atoms with Gasteiger partial charge in [0.15, 0.2) is 0 Å². The Morgan fingerprint density at radius 2 is 1.81 bits per heavy atom. The lowest BCUT2D eigenvalue weighted by Gasteiger charge is -2.04. The average molecular weight is 333 g/mol. The first kappa shape index (κ1) is 12.6. The van der Waals surface area contributed by atoms with E-state index in [0.717, 1.165) is 5.56 Å². The third kappa shape index (κ3) is 4.39. The number of ether oxygens (including phenoxy) is 1. The predicted molar refractivity (Wildman–Crippen MR) is 63.8 cm³/mol. The van der Waals surface area contributed by atoms with Gasteiger partial charge in [0, 0.05) is 22.6 Å². The second kappa shape index (κ2) is 6.21. The van der Waals surface area contributed by atoms with Crippen molar-refractivity contribution in [3.63, 3.8) is 0 Å².